The van der Waals surface area contributed by atoms with Crippen LogP contribution in [0.1, 0.15) is 42.3 Å². The number of nitrogens with one attached hydrogen (secondary N) is 1. The van der Waals surface area contributed by atoms with Gasteiger partial charge in [-0.1, -0.05) is 13.8 Å². The van der Waals surface area contributed by atoms with Gasteiger partial charge in [-0.15, -0.1) is 11.3 Å². The minimum absolute atomic E-state index is 0.500. The molecule has 0 bridgehead atoms. The van der Waals surface area contributed by atoms with Crippen molar-refractivity contribution in [2.45, 2.75) is 39.7 Å². The molecule has 0 spiro atoms. The molecule has 0 aliphatic rings. The van der Waals surface area contributed by atoms with Gasteiger partial charge in [0.2, 0.25) is 0 Å². The van der Waals surface area contributed by atoms with Crippen molar-refractivity contribution >= 4 is 11.3 Å². The number of hydrogen-bond donors (Lipinski definition) is 1. The van der Waals surface area contributed by atoms with Crippen molar-refractivity contribution in [2.24, 2.45) is 0 Å². The Labute approximate surface area is 102 Å². The first kappa shape index (κ1) is 13.6. The van der Waals surface area contributed by atoms with Crippen LogP contribution in [-0.2, 0) is 17.7 Å². The van der Waals surface area contributed by atoms with E-state index in [-0.39, 0.29) is 0 Å². The number of thiazole rings is 1. The molecule has 0 fully saturated rings. The van der Waals surface area contributed by atoms with Crippen LogP contribution < -0.4 is 5.32 Å². The lowest BCUT2D eigenvalue weighted by atomic mass is 10.1. The van der Waals surface area contributed by atoms with Crippen molar-refractivity contribution in [3.63, 3.8) is 0 Å². The van der Waals surface area contributed by atoms with E-state index < -0.39 is 0 Å². The number of nitrogens with zero attached hydrogens (tertiary/aromatic N) is 1. The fourth-order valence-electron chi connectivity index (χ4n) is 1.56. The maximum atomic E-state index is 5.36. The van der Waals surface area contributed by atoms with Crippen molar-refractivity contribution in [2.75, 3.05) is 20.3 Å². The molecule has 4 heteroatoms. The van der Waals surface area contributed by atoms with E-state index >= 15 is 0 Å². The molecule has 1 aromatic rings. The second-order valence-electron chi connectivity index (χ2n) is 4.05. The maximum absolute atomic E-state index is 5.36. The highest BCUT2D eigenvalue weighted by Crippen LogP contribution is 2.25. The van der Waals surface area contributed by atoms with Gasteiger partial charge in [-0.05, 0) is 19.9 Å². The van der Waals surface area contributed by atoms with E-state index in [1.54, 1.807) is 0 Å². The highest BCUT2D eigenvalue weighted by molar-refractivity contribution is 7.11. The predicted molar refractivity (Wildman–Crippen MR) is 69.2 cm³/mol. The molecule has 0 saturated heterocycles. The van der Waals surface area contributed by atoms with Gasteiger partial charge < -0.3 is 10.1 Å². The third-order valence-electron chi connectivity index (χ3n) is 2.32. The minimum atomic E-state index is 0.500. The van der Waals surface area contributed by atoms with Crippen molar-refractivity contribution in [1.82, 2.24) is 10.3 Å². The topological polar surface area (TPSA) is 34.1 Å². The molecule has 1 heterocycles. The van der Waals surface area contributed by atoms with E-state index in [9.17, 15) is 0 Å². The maximum Gasteiger partial charge on any atom is 0.0954 e. The Bertz CT molecular complexity index is 310. The van der Waals surface area contributed by atoms with Crippen LogP contribution in [0.15, 0.2) is 0 Å². The lowest BCUT2D eigenvalue weighted by molar-refractivity contribution is 0.151. The van der Waals surface area contributed by atoms with Gasteiger partial charge in [-0.25, -0.2) is 4.98 Å². The van der Waals surface area contributed by atoms with Crippen LogP contribution in [-0.4, -0.2) is 25.2 Å². The second kappa shape index (κ2) is 6.99. The molecule has 92 valence electrons. The normalized spacial score (nSPS) is 11.3. The molecule has 1 rings (SSSR count). The summed E-state index contributed by atoms with van der Waals surface area (Å²) >= 11 is 1.81. The van der Waals surface area contributed by atoms with Crippen molar-refractivity contribution in [3.05, 3.63) is 15.6 Å². The quantitative estimate of drug-likeness (QED) is 0.746. The molecule has 0 radical (unpaired) electrons. The SMILES string of the molecule is CCOCCc1nc(C(C)C)c(CNC)s1. The molecule has 1 N–H and O–H groups in total. The Morgan fingerprint density at radius 1 is 1.44 bits per heavy atom. The summed E-state index contributed by atoms with van der Waals surface area (Å²) in [5.41, 5.74) is 1.24. The Morgan fingerprint density at radius 3 is 2.75 bits per heavy atom. The minimum Gasteiger partial charge on any atom is -0.381 e. The fourth-order valence-corrected chi connectivity index (χ4v) is 2.78. The Hall–Kier alpha value is -0.450. The number of hydrogen-bond acceptors (Lipinski definition) is 4. The molecular weight excluding hydrogens is 220 g/mol. The first-order valence-corrected chi connectivity index (χ1v) is 6.71. The van der Waals surface area contributed by atoms with Gasteiger partial charge in [0.05, 0.1) is 17.3 Å². The smallest absolute Gasteiger partial charge is 0.0954 e. The lowest BCUT2D eigenvalue weighted by Crippen LogP contribution is -2.06. The molecule has 16 heavy (non-hydrogen) atoms. The van der Waals surface area contributed by atoms with Crippen LogP contribution in [0.5, 0.6) is 0 Å². The van der Waals surface area contributed by atoms with Gasteiger partial charge in [-0.3, -0.25) is 0 Å². The van der Waals surface area contributed by atoms with Crippen LogP contribution >= 0.6 is 11.3 Å². The summed E-state index contributed by atoms with van der Waals surface area (Å²) in [4.78, 5) is 6.06. The van der Waals surface area contributed by atoms with Crippen molar-refractivity contribution < 1.29 is 4.74 Å². The number of aromatic nitrogens is 1. The summed E-state index contributed by atoms with van der Waals surface area (Å²) in [6, 6.07) is 0. The van der Waals surface area contributed by atoms with E-state index in [1.165, 1.54) is 15.6 Å². The van der Waals surface area contributed by atoms with Crippen molar-refractivity contribution in [1.29, 1.82) is 0 Å². The molecule has 1 aromatic heterocycles. The summed E-state index contributed by atoms with van der Waals surface area (Å²) in [6.07, 6.45) is 0.932. The summed E-state index contributed by atoms with van der Waals surface area (Å²) < 4.78 is 5.36. The van der Waals surface area contributed by atoms with E-state index in [0.717, 1.165) is 26.2 Å². The molecule has 0 aromatic carbocycles. The van der Waals surface area contributed by atoms with Gasteiger partial charge in [0.15, 0.2) is 0 Å². The summed E-state index contributed by atoms with van der Waals surface area (Å²) in [5.74, 6) is 0.500. The molecule has 0 aliphatic carbocycles. The molecular formula is C12H22N2OS. The van der Waals surface area contributed by atoms with Crippen LogP contribution in [0.4, 0.5) is 0 Å². The molecule has 0 amide bonds. The van der Waals surface area contributed by atoms with Crippen molar-refractivity contribution in [3.8, 4) is 0 Å². The van der Waals surface area contributed by atoms with E-state index in [2.05, 4.69) is 19.2 Å². The Kier molecular flexibility index (Phi) is 5.95. The third kappa shape index (κ3) is 3.85. The zero-order valence-corrected chi connectivity index (χ0v) is 11.5. The lowest BCUT2D eigenvalue weighted by Gasteiger charge is -2.03. The van der Waals surface area contributed by atoms with Gasteiger partial charge >= 0.3 is 0 Å². The highest BCUT2D eigenvalue weighted by Gasteiger charge is 2.13. The van der Waals surface area contributed by atoms with Crippen LogP contribution in [0.3, 0.4) is 0 Å². The van der Waals surface area contributed by atoms with Gasteiger partial charge in [0.1, 0.15) is 0 Å². The molecule has 0 unspecified atom stereocenters. The van der Waals surface area contributed by atoms with Crippen LogP contribution in [0.2, 0.25) is 0 Å². The van der Waals surface area contributed by atoms with Gasteiger partial charge in [-0.2, -0.15) is 0 Å². The van der Waals surface area contributed by atoms with Crippen LogP contribution in [0.25, 0.3) is 0 Å². The first-order chi connectivity index (χ1) is 7.69. The predicted octanol–water partition coefficient (Wildman–Crippen LogP) is 2.56. The Morgan fingerprint density at radius 2 is 2.19 bits per heavy atom. The summed E-state index contributed by atoms with van der Waals surface area (Å²) in [7, 11) is 1.98. The molecule has 3 nitrogen and oxygen atoms in total. The molecule has 0 atom stereocenters. The number of rotatable bonds is 7. The van der Waals surface area contributed by atoms with E-state index in [0.29, 0.717) is 5.92 Å². The molecule has 0 aliphatic heterocycles. The van der Waals surface area contributed by atoms with E-state index in [1.807, 2.05) is 25.3 Å². The number of ether oxygens (including phenoxy) is 1. The largest absolute Gasteiger partial charge is 0.381 e. The monoisotopic (exact) mass is 242 g/mol. The third-order valence-corrected chi connectivity index (χ3v) is 3.45. The second-order valence-corrected chi connectivity index (χ2v) is 5.22. The first-order valence-electron chi connectivity index (χ1n) is 5.89. The zero-order chi connectivity index (χ0) is 12.0. The fraction of sp³-hybridized carbons (Fsp3) is 0.750. The van der Waals surface area contributed by atoms with Crippen LogP contribution in [0, 0.1) is 0 Å². The average molecular weight is 242 g/mol. The van der Waals surface area contributed by atoms with E-state index in [4.69, 9.17) is 9.72 Å². The Balaban J connectivity index is 2.68. The van der Waals surface area contributed by atoms with Gasteiger partial charge in [0.25, 0.3) is 0 Å². The average Bonchev–Trinajstić information content (AvgIpc) is 2.62. The van der Waals surface area contributed by atoms with Gasteiger partial charge in [0, 0.05) is 24.4 Å². The zero-order valence-electron chi connectivity index (χ0n) is 10.7. The molecule has 0 saturated carbocycles. The highest BCUT2D eigenvalue weighted by atomic mass is 32.1. The summed E-state index contributed by atoms with van der Waals surface area (Å²) in [5, 5.41) is 4.40. The standard InChI is InChI=1S/C12H22N2OS/c1-5-15-7-6-11-14-12(9(2)3)10(16-11)8-13-4/h9,13H,5-8H2,1-4H3. The summed E-state index contributed by atoms with van der Waals surface area (Å²) in [6.45, 7) is 8.89.